The molecule has 4 heteroatoms. The van der Waals surface area contributed by atoms with Crippen molar-refractivity contribution < 1.29 is 0 Å². The van der Waals surface area contributed by atoms with Gasteiger partial charge < -0.3 is 4.57 Å². The minimum atomic E-state index is 0.869. The van der Waals surface area contributed by atoms with Gasteiger partial charge in [0.2, 0.25) is 0 Å². The predicted octanol–water partition coefficient (Wildman–Crippen LogP) is 16.6. The number of fused-ring (bicyclic) bond motifs is 3. The van der Waals surface area contributed by atoms with Gasteiger partial charge in [-0.25, -0.2) is 4.98 Å². The van der Waals surface area contributed by atoms with Crippen molar-refractivity contribution in [1.82, 2.24) is 14.1 Å². The van der Waals surface area contributed by atoms with Crippen molar-refractivity contribution in [2.24, 2.45) is 0 Å². The number of rotatable bonds is 10. The van der Waals surface area contributed by atoms with Crippen LogP contribution in [0.2, 0.25) is 0 Å². The van der Waals surface area contributed by atoms with Crippen molar-refractivity contribution in [2.45, 2.75) is 95.9 Å². The number of allylic oxidation sites excluding steroid dienone is 4. The third-order valence-electron chi connectivity index (χ3n) is 7.58. The number of hydrogen-bond acceptors (Lipinski definition) is 2. The monoisotopic (exact) mass is 727 g/mol. The summed E-state index contributed by atoms with van der Waals surface area (Å²) in [5.74, 6) is 0.869. The third kappa shape index (κ3) is 9.94. The van der Waals surface area contributed by atoms with Gasteiger partial charge in [-0.2, -0.15) is 0 Å². The van der Waals surface area contributed by atoms with Crippen molar-refractivity contribution in [3.05, 3.63) is 126 Å². The molecule has 5 aromatic rings. The molecule has 0 N–H and O–H groups in total. The van der Waals surface area contributed by atoms with Gasteiger partial charge in [0.25, 0.3) is 0 Å². The fourth-order valence-electron chi connectivity index (χ4n) is 5.93. The number of nitrogens with zero attached hydrogens (tertiary/aromatic N) is 3. The van der Waals surface area contributed by atoms with Crippen LogP contribution in [0.15, 0.2) is 81.1 Å². The van der Waals surface area contributed by atoms with Crippen molar-refractivity contribution in [3.8, 4) is 11.5 Å². The summed E-state index contributed by atoms with van der Waals surface area (Å²) in [4.78, 5) is 4.93. The molecule has 0 aliphatic rings. The number of aromatic nitrogens is 3. The van der Waals surface area contributed by atoms with E-state index in [0.29, 0.717) is 0 Å². The zero-order chi connectivity index (χ0) is 40.1. The van der Waals surface area contributed by atoms with Crippen molar-refractivity contribution in [1.29, 1.82) is 0 Å². The molecular weight excluding hydrogens is 663 g/mol. The van der Waals surface area contributed by atoms with Gasteiger partial charge in [0.05, 0.1) is 27.5 Å². The smallest absolute Gasteiger partial charge is 0.155 e. The molecule has 4 heterocycles. The Morgan fingerprint density at radius 1 is 0.566 bits per heavy atom. The molecule has 282 valence electrons. The molecule has 0 atom stereocenters. The molecule has 0 unspecified atom stereocenters. The first-order valence-corrected chi connectivity index (χ1v) is 20.1. The lowest BCUT2D eigenvalue weighted by atomic mass is 10.1. The highest BCUT2D eigenvalue weighted by atomic mass is 32.1. The van der Waals surface area contributed by atoms with Crippen LogP contribution in [0.4, 0.5) is 0 Å². The van der Waals surface area contributed by atoms with Crippen LogP contribution >= 0.6 is 11.3 Å². The van der Waals surface area contributed by atoms with Crippen LogP contribution in [0.5, 0.6) is 0 Å². The van der Waals surface area contributed by atoms with E-state index in [4.69, 9.17) is 4.98 Å². The Hall–Kier alpha value is -4.93. The molecule has 0 saturated heterocycles. The average molecular weight is 728 g/mol. The van der Waals surface area contributed by atoms with E-state index in [2.05, 4.69) is 151 Å². The van der Waals surface area contributed by atoms with Crippen LogP contribution in [0, 0.1) is 0 Å². The number of thiophene rings is 1. The summed E-state index contributed by atoms with van der Waals surface area (Å²) < 4.78 is 6.82. The zero-order valence-electron chi connectivity index (χ0n) is 34.8. The molecule has 4 aromatic heterocycles. The standard InChI is InChI=1S/C39H37N3S.2C3H8.2C2H6/c1-9-17-30-29(15-7)34(18-10-2)41(36(30)20-12-4)26-21-22-37-32(25-26)31-23-24-40-39(38(31)43-37)42-33(16-8)27(13-5)28(14-6)35(42)19-11-3;2*1-3-2;2*1-2/h9-25H,5-8H2,1-4H3;2*3H2,1-2H3;2*1-2H3/b17-9-,18-10-,19-11-,20-12-;;;;. The van der Waals surface area contributed by atoms with Crippen LogP contribution in [0.25, 0.3) is 80.3 Å². The molecule has 0 aliphatic heterocycles. The second-order valence-corrected chi connectivity index (χ2v) is 12.4. The predicted molar refractivity (Wildman–Crippen MR) is 250 cm³/mol. The largest absolute Gasteiger partial charge is 0.309 e. The van der Waals surface area contributed by atoms with Gasteiger partial charge in [0.1, 0.15) is 0 Å². The van der Waals surface area contributed by atoms with Gasteiger partial charge in [-0.05, 0) is 76.3 Å². The third-order valence-corrected chi connectivity index (χ3v) is 8.76. The summed E-state index contributed by atoms with van der Waals surface area (Å²) in [5.41, 5.74) is 9.56. The molecule has 0 fully saturated rings. The van der Waals surface area contributed by atoms with Gasteiger partial charge in [0.15, 0.2) is 5.82 Å². The summed E-state index contributed by atoms with van der Waals surface area (Å²) in [6.45, 7) is 41.2. The molecule has 1 aromatic carbocycles. The van der Waals surface area contributed by atoms with E-state index in [0.717, 1.165) is 66.6 Å². The number of pyridine rings is 1. The van der Waals surface area contributed by atoms with Gasteiger partial charge in [-0.3, -0.25) is 4.57 Å². The van der Waals surface area contributed by atoms with Gasteiger partial charge in [0, 0.05) is 49.6 Å². The van der Waals surface area contributed by atoms with Crippen molar-refractivity contribution in [3.63, 3.8) is 0 Å². The summed E-state index contributed by atoms with van der Waals surface area (Å²) in [5, 5.41) is 2.35. The Bertz CT molecular complexity index is 2060. The van der Waals surface area contributed by atoms with E-state index in [1.165, 1.54) is 22.9 Å². The van der Waals surface area contributed by atoms with Crippen molar-refractivity contribution in [2.75, 3.05) is 0 Å². The van der Waals surface area contributed by atoms with Crippen LogP contribution in [0.3, 0.4) is 0 Å². The first kappa shape index (κ1) is 46.1. The lowest BCUT2D eigenvalue weighted by Gasteiger charge is -2.12. The minimum absolute atomic E-state index is 0.869. The maximum atomic E-state index is 4.93. The highest BCUT2D eigenvalue weighted by Gasteiger charge is 2.22. The SMILES string of the molecule is C=Cc1c(C=C)c(/C=C\C)n(-c2nccc3c2sc2ccc(-n4c(/C=C\C)c(C=C)c(/C=C\C)c4/C=C\C)cc23)c1C=C.CC.CC.CCC.CCC. The molecule has 5 rings (SSSR count). The minimum Gasteiger partial charge on any atom is -0.309 e. The summed E-state index contributed by atoms with van der Waals surface area (Å²) in [6.07, 6.45) is 28.9. The topological polar surface area (TPSA) is 22.8 Å². The molecule has 53 heavy (non-hydrogen) atoms. The molecule has 0 spiro atoms. The summed E-state index contributed by atoms with van der Waals surface area (Å²) >= 11 is 1.76. The fraction of sp³-hybridized carbons (Fsp3) is 0.286. The highest BCUT2D eigenvalue weighted by Crippen LogP contribution is 2.41. The highest BCUT2D eigenvalue weighted by molar-refractivity contribution is 7.26. The Balaban J connectivity index is 0.00000128. The Morgan fingerprint density at radius 2 is 1.02 bits per heavy atom. The van der Waals surface area contributed by atoms with Crippen LogP contribution in [-0.2, 0) is 0 Å². The molecular formula is C49H65N3S. The Labute approximate surface area is 326 Å². The van der Waals surface area contributed by atoms with E-state index in [9.17, 15) is 0 Å². The molecule has 3 nitrogen and oxygen atoms in total. The lowest BCUT2D eigenvalue weighted by Crippen LogP contribution is -2.02. The molecule has 0 aliphatic carbocycles. The fourth-order valence-corrected chi connectivity index (χ4v) is 7.09. The van der Waals surface area contributed by atoms with Crippen molar-refractivity contribution >= 4 is 80.1 Å². The van der Waals surface area contributed by atoms with E-state index in [1.807, 2.05) is 71.2 Å². The quantitative estimate of drug-likeness (QED) is 0.140. The second kappa shape index (κ2) is 24.3. The van der Waals surface area contributed by atoms with Crippen LogP contribution in [0.1, 0.15) is 141 Å². The molecule has 0 bridgehead atoms. The van der Waals surface area contributed by atoms with Gasteiger partial charge in [-0.15, -0.1) is 11.3 Å². The van der Waals surface area contributed by atoms with Gasteiger partial charge >= 0.3 is 0 Å². The average Bonchev–Trinajstić information content (AvgIpc) is 3.80. The Morgan fingerprint density at radius 3 is 1.49 bits per heavy atom. The second-order valence-electron chi connectivity index (χ2n) is 11.4. The van der Waals surface area contributed by atoms with E-state index in [1.54, 1.807) is 11.3 Å². The first-order chi connectivity index (χ1) is 25.9. The van der Waals surface area contributed by atoms with E-state index in [-0.39, 0.29) is 0 Å². The first-order valence-electron chi connectivity index (χ1n) is 19.3. The lowest BCUT2D eigenvalue weighted by molar-refractivity contribution is 0.999. The maximum absolute atomic E-state index is 4.93. The maximum Gasteiger partial charge on any atom is 0.155 e. The molecule has 0 saturated carbocycles. The van der Waals surface area contributed by atoms with Crippen LogP contribution < -0.4 is 0 Å². The number of benzene rings is 1. The van der Waals surface area contributed by atoms with Crippen LogP contribution in [-0.4, -0.2) is 14.1 Å². The van der Waals surface area contributed by atoms with E-state index < -0.39 is 0 Å². The molecule has 0 amide bonds. The Kier molecular flexibility index (Phi) is 21.2. The summed E-state index contributed by atoms with van der Waals surface area (Å²) in [7, 11) is 0. The van der Waals surface area contributed by atoms with E-state index >= 15 is 0 Å². The summed E-state index contributed by atoms with van der Waals surface area (Å²) in [6, 6.07) is 8.85. The zero-order valence-corrected chi connectivity index (χ0v) is 35.6. The van der Waals surface area contributed by atoms with Gasteiger partial charge in [-0.1, -0.05) is 143 Å². The number of hydrogen-bond donors (Lipinski definition) is 0. The molecule has 0 radical (unpaired) electrons. The normalized spacial score (nSPS) is 10.8.